The Hall–Kier alpha value is -3.80. The second-order valence-corrected chi connectivity index (χ2v) is 8.65. The van der Waals surface area contributed by atoms with Gasteiger partial charge in [-0.25, -0.2) is 4.98 Å². The quantitative estimate of drug-likeness (QED) is 0.288. The molecule has 2 amide bonds. The molecule has 1 aliphatic rings. The lowest BCUT2D eigenvalue weighted by Gasteiger charge is -2.18. The molecule has 0 bridgehead atoms. The van der Waals surface area contributed by atoms with Gasteiger partial charge in [0.05, 0.1) is 11.8 Å². The van der Waals surface area contributed by atoms with Crippen molar-refractivity contribution in [2.45, 2.75) is 11.7 Å². The SMILES string of the molecule is CN(C)C(=N)NC(=N)N.CN(CCOc1ccc(CC2SC(=O)NC2=O)cc1)c1ccccn1. The van der Waals surface area contributed by atoms with Gasteiger partial charge in [-0.2, -0.15) is 0 Å². The van der Waals surface area contributed by atoms with E-state index in [4.69, 9.17) is 21.3 Å². The van der Waals surface area contributed by atoms with Crippen LogP contribution in [-0.2, 0) is 11.2 Å². The van der Waals surface area contributed by atoms with Gasteiger partial charge in [-0.3, -0.25) is 31.0 Å². The van der Waals surface area contributed by atoms with Gasteiger partial charge in [0.1, 0.15) is 18.2 Å². The van der Waals surface area contributed by atoms with E-state index in [0.29, 0.717) is 13.0 Å². The summed E-state index contributed by atoms with van der Waals surface area (Å²) in [6.45, 7) is 1.27. The first-order valence-electron chi connectivity index (χ1n) is 10.4. The number of ether oxygens (including phenoxy) is 1. The molecule has 6 N–H and O–H groups in total. The van der Waals surface area contributed by atoms with Crippen molar-refractivity contribution in [1.82, 2.24) is 20.5 Å². The fourth-order valence-electron chi connectivity index (χ4n) is 2.70. The third-order valence-electron chi connectivity index (χ3n) is 4.55. The molecule has 1 fully saturated rings. The maximum atomic E-state index is 11.6. The van der Waals surface area contributed by atoms with E-state index < -0.39 is 0 Å². The summed E-state index contributed by atoms with van der Waals surface area (Å²) in [6, 6.07) is 13.4. The highest BCUT2D eigenvalue weighted by Gasteiger charge is 2.31. The fraction of sp³-hybridized carbons (Fsp3) is 0.318. The van der Waals surface area contributed by atoms with Crippen LogP contribution in [0.25, 0.3) is 0 Å². The Morgan fingerprint density at radius 1 is 1.18 bits per heavy atom. The molecule has 0 saturated carbocycles. The third kappa shape index (κ3) is 8.98. The number of rotatable bonds is 7. The number of guanidine groups is 2. The van der Waals surface area contributed by atoms with Crippen LogP contribution < -0.4 is 26.0 Å². The fourth-order valence-corrected chi connectivity index (χ4v) is 3.56. The number of imide groups is 1. The Morgan fingerprint density at radius 2 is 1.88 bits per heavy atom. The normalized spacial score (nSPS) is 14.4. The lowest BCUT2D eigenvalue weighted by molar-refractivity contribution is -0.118. The van der Waals surface area contributed by atoms with Gasteiger partial charge in [-0.1, -0.05) is 30.0 Å². The van der Waals surface area contributed by atoms with E-state index in [1.165, 1.54) is 4.90 Å². The van der Waals surface area contributed by atoms with Crippen LogP contribution in [0.5, 0.6) is 5.75 Å². The van der Waals surface area contributed by atoms with Crippen LogP contribution in [0, 0.1) is 10.8 Å². The van der Waals surface area contributed by atoms with Crippen molar-refractivity contribution in [3.63, 3.8) is 0 Å². The summed E-state index contributed by atoms with van der Waals surface area (Å²) >= 11 is 1.05. The summed E-state index contributed by atoms with van der Waals surface area (Å²) in [5.74, 6) is 1.37. The van der Waals surface area contributed by atoms with Crippen molar-refractivity contribution < 1.29 is 14.3 Å². The Kier molecular flexibility index (Phi) is 10.1. The number of nitrogens with two attached hydrogens (primary N) is 1. The Labute approximate surface area is 203 Å². The maximum Gasteiger partial charge on any atom is 0.286 e. The summed E-state index contributed by atoms with van der Waals surface area (Å²) in [5.41, 5.74) is 5.94. The van der Waals surface area contributed by atoms with Crippen molar-refractivity contribution in [2.75, 3.05) is 39.2 Å². The van der Waals surface area contributed by atoms with Crippen LogP contribution in [0.3, 0.4) is 0 Å². The Bertz CT molecular complexity index is 985. The number of hydrogen-bond acceptors (Lipinski definition) is 8. The lowest BCUT2D eigenvalue weighted by atomic mass is 10.1. The molecule has 182 valence electrons. The molecule has 1 atom stereocenters. The first-order chi connectivity index (χ1) is 16.2. The van der Waals surface area contributed by atoms with Crippen LogP contribution in [0.15, 0.2) is 48.7 Å². The number of pyridine rings is 1. The predicted octanol–water partition coefficient (Wildman–Crippen LogP) is 1.46. The van der Waals surface area contributed by atoms with Crippen molar-refractivity contribution in [2.24, 2.45) is 5.73 Å². The van der Waals surface area contributed by atoms with Crippen molar-refractivity contribution >= 4 is 40.6 Å². The van der Waals surface area contributed by atoms with E-state index in [0.717, 1.165) is 35.4 Å². The van der Waals surface area contributed by atoms with E-state index in [1.54, 1.807) is 20.3 Å². The number of nitrogens with one attached hydrogen (secondary N) is 4. The standard InChI is InChI=1S/C18H19N3O3S.C4H11N5/c1-21(16-4-2-3-9-19-16)10-11-24-14-7-5-13(6-8-14)12-15-17(22)20-18(23)25-15;1-9(2)4(7)8-3(5)6/h2-9,15H,10-12H2,1H3,(H,20,22,23);1-2H3,(H5,5,6,7,8). The summed E-state index contributed by atoms with van der Waals surface area (Å²) in [5, 5.41) is 17.8. The number of aromatic nitrogens is 1. The van der Waals surface area contributed by atoms with Crippen LogP contribution in [0.4, 0.5) is 10.6 Å². The molecule has 0 radical (unpaired) electrons. The minimum Gasteiger partial charge on any atom is -0.492 e. The number of carbonyl (C=O) groups excluding carboxylic acids is 2. The molecule has 1 saturated heterocycles. The van der Waals surface area contributed by atoms with E-state index in [9.17, 15) is 9.59 Å². The molecular weight excluding hydrogens is 456 g/mol. The van der Waals surface area contributed by atoms with E-state index in [1.807, 2.05) is 54.4 Å². The van der Waals surface area contributed by atoms with Crippen molar-refractivity contribution in [3.8, 4) is 5.75 Å². The minimum atomic E-state index is -0.341. The maximum absolute atomic E-state index is 11.6. The predicted molar refractivity (Wildman–Crippen MR) is 135 cm³/mol. The number of likely N-dealkylation sites (N-methyl/N-ethyl adjacent to an activating group) is 1. The summed E-state index contributed by atoms with van der Waals surface area (Å²) in [4.78, 5) is 30.6. The van der Waals surface area contributed by atoms with E-state index >= 15 is 0 Å². The second kappa shape index (κ2) is 13.0. The van der Waals surface area contributed by atoms with Gasteiger partial charge in [-0.05, 0) is 36.2 Å². The largest absolute Gasteiger partial charge is 0.492 e. The molecule has 34 heavy (non-hydrogen) atoms. The average molecular weight is 487 g/mol. The molecule has 3 rings (SSSR count). The van der Waals surface area contributed by atoms with Crippen LogP contribution in [-0.4, -0.2) is 72.5 Å². The van der Waals surface area contributed by atoms with Gasteiger partial charge in [0, 0.05) is 27.3 Å². The monoisotopic (exact) mass is 486 g/mol. The average Bonchev–Trinajstić information content (AvgIpc) is 3.11. The number of thioether (sulfide) groups is 1. The van der Waals surface area contributed by atoms with Gasteiger partial charge in [0.2, 0.25) is 5.91 Å². The second-order valence-electron chi connectivity index (χ2n) is 7.47. The first kappa shape index (κ1) is 26.5. The molecule has 2 heterocycles. The molecule has 0 aliphatic carbocycles. The Morgan fingerprint density at radius 3 is 2.38 bits per heavy atom. The van der Waals surface area contributed by atoms with Crippen LogP contribution >= 0.6 is 11.8 Å². The first-order valence-corrected chi connectivity index (χ1v) is 11.3. The summed E-state index contributed by atoms with van der Waals surface area (Å²) in [7, 11) is 5.36. The van der Waals surface area contributed by atoms with Gasteiger partial charge in [0.25, 0.3) is 5.24 Å². The molecule has 11 nitrogen and oxygen atoms in total. The molecule has 1 aromatic carbocycles. The molecule has 2 aromatic rings. The molecule has 1 aliphatic heterocycles. The molecule has 0 spiro atoms. The molecule has 1 aromatic heterocycles. The number of hydrogen-bond donors (Lipinski definition) is 5. The smallest absolute Gasteiger partial charge is 0.286 e. The molecule has 12 heteroatoms. The highest BCUT2D eigenvalue weighted by atomic mass is 32.2. The van der Waals surface area contributed by atoms with Crippen molar-refractivity contribution in [1.29, 1.82) is 10.8 Å². The van der Waals surface area contributed by atoms with Gasteiger partial charge >= 0.3 is 0 Å². The third-order valence-corrected chi connectivity index (χ3v) is 5.53. The van der Waals surface area contributed by atoms with Gasteiger partial charge in [0.15, 0.2) is 11.9 Å². The number of carbonyl (C=O) groups is 2. The number of amides is 2. The lowest BCUT2D eigenvalue weighted by Crippen LogP contribution is -2.42. The zero-order valence-electron chi connectivity index (χ0n) is 19.4. The zero-order chi connectivity index (χ0) is 25.1. The van der Waals surface area contributed by atoms with E-state index in [2.05, 4.69) is 15.6 Å². The number of nitrogens with zero attached hydrogens (tertiary/aromatic N) is 3. The van der Waals surface area contributed by atoms with Gasteiger partial charge < -0.3 is 20.3 Å². The zero-order valence-corrected chi connectivity index (χ0v) is 20.2. The topological polar surface area (TPSA) is 161 Å². The van der Waals surface area contributed by atoms with Crippen molar-refractivity contribution in [3.05, 3.63) is 54.2 Å². The van der Waals surface area contributed by atoms with Gasteiger partial charge in [-0.15, -0.1) is 0 Å². The minimum absolute atomic E-state index is 0.113. The highest BCUT2D eigenvalue weighted by Crippen LogP contribution is 2.23. The van der Waals surface area contributed by atoms with Crippen LogP contribution in [0.1, 0.15) is 5.56 Å². The Balaban J connectivity index is 0.000000387. The highest BCUT2D eigenvalue weighted by molar-refractivity contribution is 8.15. The molecule has 1 unspecified atom stereocenters. The number of anilines is 1. The molecular formula is C22H30N8O3S. The summed E-state index contributed by atoms with van der Waals surface area (Å²) < 4.78 is 5.75. The van der Waals surface area contributed by atoms with E-state index in [-0.39, 0.29) is 28.3 Å². The van der Waals surface area contributed by atoms with Crippen LogP contribution in [0.2, 0.25) is 0 Å². The summed E-state index contributed by atoms with van der Waals surface area (Å²) in [6.07, 6.45) is 2.30. The number of benzene rings is 1.